The van der Waals surface area contributed by atoms with Crippen molar-refractivity contribution >= 4 is 34.3 Å². The summed E-state index contributed by atoms with van der Waals surface area (Å²) in [4.78, 5) is 3.91. The van der Waals surface area contributed by atoms with E-state index < -0.39 is 0 Å². The van der Waals surface area contributed by atoms with E-state index in [4.69, 9.17) is 27.6 Å². The summed E-state index contributed by atoms with van der Waals surface area (Å²) in [5, 5.41) is 1.70. The van der Waals surface area contributed by atoms with E-state index in [1.165, 1.54) is 6.26 Å². The lowest BCUT2D eigenvalue weighted by Gasteiger charge is -1.91. The average Bonchev–Trinajstić information content (AvgIpc) is 2.34. The highest BCUT2D eigenvalue weighted by Crippen LogP contribution is 2.25. The Labute approximate surface area is 72.7 Å². The average molecular weight is 188 g/mol. The normalized spacial score (nSPS) is 10.7. The number of aromatic nitrogens is 1. The third-order valence-electron chi connectivity index (χ3n) is 1.36. The second kappa shape index (κ2) is 2.40. The van der Waals surface area contributed by atoms with Gasteiger partial charge in [-0.1, -0.05) is 23.2 Å². The Morgan fingerprint density at radius 1 is 1.36 bits per heavy atom. The molecule has 0 unspecified atom stereocenters. The molecule has 0 atom stereocenters. The van der Waals surface area contributed by atoms with Gasteiger partial charge in [-0.2, -0.15) is 0 Å². The van der Waals surface area contributed by atoms with Gasteiger partial charge in [0.05, 0.1) is 16.7 Å². The summed E-state index contributed by atoms with van der Waals surface area (Å²) < 4.78 is 5.00. The lowest BCUT2D eigenvalue weighted by molar-refractivity contribution is 0.603. The number of nitrogens with zero attached hydrogens (tertiary/aromatic N) is 1. The summed E-state index contributed by atoms with van der Waals surface area (Å²) in [5.74, 6) is 0. The van der Waals surface area contributed by atoms with Gasteiger partial charge >= 0.3 is 0 Å². The largest absolute Gasteiger partial charge is 0.446 e. The Bertz CT molecular complexity index is 396. The fourth-order valence-corrected chi connectivity index (χ4v) is 1.37. The second-order valence-corrected chi connectivity index (χ2v) is 2.86. The fourth-order valence-electron chi connectivity index (χ4n) is 0.881. The van der Waals surface area contributed by atoms with Gasteiger partial charge in [-0.05, 0) is 12.1 Å². The van der Waals surface area contributed by atoms with Gasteiger partial charge in [0.1, 0.15) is 5.15 Å². The Balaban J connectivity index is 2.91. The molecule has 0 spiro atoms. The van der Waals surface area contributed by atoms with E-state index in [-0.39, 0.29) is 0 Å². The molecule has 0 aliphatic rings. The van der Waals surface area contributed by atoms with Crippen LogP contribution in [0.4, 0.5) is 0 Å². The summed E-state index contributed by atoms with van der Waals surface area (Å²) in [6, 6.07) is 3.34. The summed E-state index contributed by atoms with van der Waals surface area (Å²) in [7, 11) is 0. The second-order valence-electron chi connectivity index (χ2n) is 2.07. The predicted molar refractivity (Wildman–Crippen MR) is 44.0 cm³/mol. The molecule has 2 rings (SSSR count). The molecule has 0 radical (unpaired) electrons. The number of halogens is 2. The Morgan fingerprint density at radius 2 is 2.18 bits per heavy atom. The third kappa shape index (κ3) is 1.08. The summed E-state index contributed by atoms with van der Waals surface area (Å²) in [6.45, 7) is 0. The van der Waals surface area contributed by atoms with Crippen LogP contribution in [0.25, 0.3) is 11.1 Å². The molecule has 0 aliphatic heterocycles. The van der Waals surface area contributed by atoms with Gasteiger partial charge in [-0.15, -0.1) is 0 Å². The maximum atomic E-state index is 5.82. The van der Waals surface area contributed by atoms with Gasteiger partial charge < -0.3 is 4.42 Å². The molecule has 0 N–H and O–H groups in total. The number of hydrogen-bond donors (Lipinski definition) is 0. The summed E-state index contributed by atoms with van der Waals surface area (Å²) in [5.41, 5.74) is 0.475. The number of furan rings is 1. The standard InChI is InChI=1S/C7H3Cl2NO/c8-5-3-6(9)10-7-4(5)1-2-11-7/h1-3H. The molecule has 56 valence electrons. The van der Waals surface area contributed by atoms with E-state index >= 15 is 0 Å². The molecule has 11 heavy (non-hydrogen) atoms. The van der Waals surface area contributed by atoms with Crippen LogP contribution >= 0.6 is 23.2 Å². The van der Waals surface area contributed by atoms with Gasteiger partial charge in [0, 0.05) is 0 Å². The molecule has 2 nitrogen and oxygen atoms in total. The molecule has 2 aromatic rings. The molecule has 0 bridgehead atoms. The number of pyridine rings is 1. The highest BCUT2D eigenvalue weighted by molar-refractivity contribution is 6.37. The van der Waals surface area contributed by atoms with Crippen molar-refractivity contribution in [3.05, 3.63) is 28.6 Å². The smallest absolute Gasteiger partial charge is 0.228 e. The molecule has 0 saturated heterocycles. The summed E-state index contributed by atoms with van der Waals surface area (Å²) >= 11 is 11.4. The molecular formula is C7H3Cl2NO. The van der Waals surface area contributed by atoms with Gasteiger partial charge in [0.2, 0.25) is 5.71 Å². The highest BCUT2D eigenvalue weighted by Gasteiger charge is 2.03. The van der Waals surface area contributed by atoms with Gasteiger partial charge in [-0.3, -0.25) is 0 Å². The molecular weight excluding hydrogens is 185 g/mol. The van der Waals surface area contributed by atoms with Crippen molar-refractivity contribution in [3.63, 3.8) is 0 Å². The van der Waals surface area contributed by atoms with Crippen molar-refractivity contribution in [2.24, 2.45) is 0 Å². The Hall–Kier alpha value is -0.730. The maximum absolute atomic E-state index is 5.82. The van der Waals surface area contributed by atoms with Crippen molar-refractivity contribution in [1.29, 1.82) is 0 Å². The third-order valence-corrected chi connectivity index (χ3v) is 1.86. The van der Waals surface area contributed by atoms with Crippen LogP contribution in [0.2, 0.25) is 10.2 Å². The minimum absolute atomic E-state index is 0.345. The number of fused-ring (bicyclic) bond motifs is 1. The zero-order chi connectivity index (χ0) is 7.84. The van der Waals surface area contributed by atoms with Crippen molar-refractivity contribution in [2.75, 3.05) is 0 Å². The van der Waals surface area contributed by atoms with E-state index in [1.54, 1.807) is 12.1 Å². The van der Waals surface area contributed by atoms with Crippen molar-refractivity contribution in [1.82, 2.24) is 4.98 Å². The monoisotopic (exact) mass is 187 g/mol. The van der Waals surface area contributed by atoms with E-state index in [0.29, 0.717) is 15.9 Å². The fraction of sp³-hybridized carbons (Fsp3) is 0. The molecule has 0 fully saturated rings. The van der Waals surface area contributed by atoms with E-state index in [2.05, 4.69) is 4.98 Å². The lowest BCUT2D eigenvalue weighted by atomic mass is 10.3. The van der Waals surface area contributed by atoms with Crippen LogP contribution in [-0.4, -0.2) is 4.98 Å². The van der Waals surface area contributed by atoms with E-state index in [9.17, 15) is 0 Å². The topological polar surface area (TPSA) is 26.0 Å². The molecule has 0 aromatic carbocycles. The first kappa shape index (κ1) is 6.95. The Morgan fingerprint density at radius 3 is 3.00 bits per heavy atom. The lowest BCUT2D eigenvalue weighted by Crippen LogP contribution is -1.75. The SMILES string of the molecule is Clc1cc(Cl)c2ccoc2n1. The van der Waals surface area contributed by atoms with Crippen LogP contribution in [0, 0.1) is 0 Å². The quantitative estimate of drug-likeness (QED) is 0.593. The van der Waals surface area contributed by atoms with Crippen LogP contribution in [0.3, 0.4) is 0 Å². The first-order chi connectivity index (χ1) is 5.27. The van der Waals surface area contributed by atoms with E-state index in [1.807, 2.05) is 0 Å². The maximum Gasteiger partial charge on any atom is 0.228 e. The van der Waals surface area contributed by atoms with Crippen molar-refractivity contribution < 1.29 is 4.42 Å². The molecule has 4 heteroatoms. The van der Waals surface area contributed by atoms with Gasteiger partial charge in [0.25, 0.3) is 0 Å². The molecule has 0 saturated carbocycles. The van der Waals surface area contributed by atoms with E-state index in [0.717, 1.165) is 5.39 Å². The zero-order valence-corrected chi connectivity index (χ0v) is 6.86. The van der Waals surface area contributed by atoms with Gasteiger partial charge in [-0.25, -0.2) is 4.98 Å². The predicted octanol–water partition coefficient (Wildman–Crippen LogP) is 3.13. The molecule has 2 aromatic heterocycles. The van der Waals surface area contributed by atoms with Crippen molar-refractivity contribution in [3.8, 4) is 0 Å². The van der Waals surface area contributed by atoms with Gasteiger partial charge in [0.15, 0.2) is 0 Å². The van der Waals surface area contributed by atoms with Crippen LogP contribution in [0.1, 0.15) is 0 Å². The highest BCUT2D eigenvalue weighted by atomic mass is 35.5. The minimum Gasteiger partial charge on any atom is -0.446 e. The van der Waals surface area contributed by atoms with Crippen molar-refractivity contribution in [2.45, 2.75) is 0 Å². The first-order valence-electron chi connectivity index (χ1n) is 2.96. The minimum atomic E-state index is 0.345. The van der Waals surface area contributed by atoms with Crippen LogP contribution < -0.4 is 0 Å². The number of hydrogen-bond acceptors (Lipinski definition) is 2. The number of rotatable bonds is 0. The first-order valence-corrected chi connectivity index (χ1v) is 3.72. The molecule has 0 amide bonds. The Kier molecular flexibility index (Phi) is 1.51. The molecule has 0 aliphatic carbocycles. The molecule has 2 heterocycles. The van der Waals surface area contributed by atoms with Crippen LogP contribution in [-0.2, 0) is 0 Å². The van der Waals surface area contributed by atoms with Crippen LogP contribution in [0.5, 0.6) is 0 Å². The zero-order valence-electron chi connectivity index (χ0n) is 5.34. The summed E-state index contributed by atoms with van der Waals surface area (Å²) in [6.07, 6.45) is 1.53. The van der Waals surface area contributed by atoms with Crippen LogP contribution in [0.15, 0.2) is 22.8 Å².